The number of hydrogen-bond acceptors (Lipinski definition) is 4. The quantitative estimate of drug-likeness (QED) is 0.903. The molecule has 0 aromatic heterocycles. The molecule has 1 aromatic rings. The molecular formula is C11H10ClNO5S. The van der Waals surface area contributed by atoms with E-state index in [2.05, 4.69) is 0 Å². The van der Waals surface area contributed by atoms with Crippen LogP contribution in [0.15, 0.2) is 29.2 Å². The van der Waals surface area contributed by atoms with Gasteiger partial charge in [0.05, 0.1) is 4.90 Å². The molecule has 1 fully saturated rings. The summed E-state index contributed by atoms with van der Waals surface area (Å²) >= 11 is 5.66. The van der Waals surface area contributed by atoms with Crippen LogP contribution in [0, 0.1) is 0 Å². The number of nitrogens with zero attached hydrogens (tertiary/aromatic N) is 1. The number of benzene rings is 1. The second-order valence-corrected chi connectivity index (χ2v) is 6.29. The normalized spacial score (nSPS) is 19.7. The fraction of sp³-hybridized carbons (Fsp3) is 0.273. The van der Waals surface area contributed by atoms with Crippen molar-refractivity contribution in [3.05, 3.63) is 29.3 Å². The summed E-state index contributed by atoms with van der Waals surface area (Å²) in [6.07, 6.45) is -0.106. The first kappa shape index (κ1) is 13.8. The van der Waals surface area contributed by atoms with Crippen molar-refractivity contribution in [3.8, 4) is 0 Å². The summed E-state index contributed by atoms with van der Waals surface area (Å²) in [5.74, 6) is -2.04. The molecule has 1 N–H and O–H groups in total. The highest BCUT2D eigenvalue weighted by Gasteiger charge is 2.44. The minimum Gasteiger partial charge on any atom is -0.480 e. The van der Waals surface area contributed by atoms with E-state index in [1.165, 1.54) is 24.3 Å². The molecule has 2 rings (SSSR count). The molecule has 1 aromatic carbocycles. The van der Waals surface area contributed by atoms with Gasteiger partial charge in [0.2, 0.25) is 5.91 Å². The van der Waals surface area contributed by atoms with Crippen LogP contribution in [0.5, 0.6) is 0 Å². The average Bonchev–Trinajstić information content (AvgIpc) is 2.72. The SMILES string of the molecule is O=C(O)C1CCC(=O)N1S(=O)(=O)c1ccc(Cl)cc1. The van der Waals surface area contributed by atoms with Gasteiger partial charge < -0.3 is 5.11 Å². The van der Waals surface area contributed by atoms with E-state index in [1.807, 2.05) is 0 Å². The van der Waals surface area contributed by atoms with Crippen molar-refractivity contribution in [2.45, 2.75) is 23.8 Å². The van der Waals surface area contributed by atoms with E-state index in [0.29, 0.717) is 9.33 Å². The second-order valence-electron chi connectivity index (χ2n) is 4.04. The number of rotatable bonds is 3. The molecule has 0 spiro atoms. The molecule has 1 saturated heterocycles. The van der Waals surface area contributed by atoms with Gasteiger partial charge in [0.25, 0.3) is 10.0 Å². The Labute approximate surface area is 114 Å². The summed E-state index contributed by atoms with van der Waals surface area (Å²) in [4.78, 5) is 22.5. The topological polar surface area (TPSA) is 91.8 Å². The van der Waals surface area contributed by atoms with Crippen LogP contribution in [-0.2, 0) is 19.6 Å². The Bertz CT molecular complexity index is 625. The van der Waals surface area contributed by atoms with Crippen LogP contribution in [0.4, 0.5) is 0 Å². The second kappa shape index (κ2) is 4.82. The maximum atomic E-state index is 12.3. The first-order chi connectivity index (χ1) is 8.84. The predicted octanol–water partition coefficient (Wildman–Crippen LogP) is 1.10. The largest absolute Gasteiger partial charge is 0.480 e. The van der Waals surface area contributed by atoms with Gasteiger partial charge in [0, 0.05) is 11.4 Å². The third-order valence-corrected chi connectivity index (χ3v) is 4.91. The number of carboxylic acid groups (broad SMARTS) is 1. The third kappa shape index (κ3) is 2.43. The maximum Gasteiger partial charge on any atom is 0.327 e. The summed E-state index contributed by atoms with van der Waals surface area (Å²) in [5.41, 5.74) is 0. The lowest BCUT2D eigenvalue weighted by Crippen LogP contribution is -2.42. The molecular weight excluding hydrogens is 294 g/mol. The van der Waals surface area contributed by atoms with E-state index in [-0.39, 0.29) is 17.7 Å². The van der Waals surface area contributed by atoms with Crippen LogP contribution in [0.1, 0.15) is 12.8 Å². The molecule has 1 aliphatic rings. The zero-order chi connectivity index (χ0) is 14.2. The minimum absolute atomic E-state index is 0.0129. The number of hydrogen-bond donors (Lipinski definition) is 1. The molecule has 1 heterocycles. The van der Waals surface area contributed by atoms with Crippen molar-refractivity contribution in [1.82, 2.24) is 4.31 Å². The van der Waals surface area contributed by atoms with Crippen LogP contribution in [-0.4, -0.2) is 35.7 Å². The van der Waals surface area contributed by atoms with Gasteiger partial charge in [-0.3, -0.25) is 4.79 Å². The highest BCUT2D eigenvalue weighted by atomic mass is 35.5. The van der Waals surface area contributed by atoms with Crippen molar-refractivity contribution < 1.29 is 23.1 Å². The third-order valence-electron chi connectivity index (χ3n) is 2.82. The van der Waals surface area contributed by atoms with Crippen LogP contribution in [0.3, 0.4) is 0 Å². The Morgan fingerprint density at radius 3 is 2.42 bits per heavy atom. The van der Waals surface area contributed by atoms with E-state index in [0.717, 1.165) is 0 Å². The number of carbonyl (C=O) groups is 2. The summed E-state index contributed by atoms with van der Waals surface area (Å²) in [6, 6.07) is 3.87. The van der Waals surface area contributed by atoms with Gasteiger partial charge in [0.15, 0.2) is 0 Å². The Kier molecular flexibility index (Phi) is 3.51. The molecule has 1 atom stereocenters. The molecule has 8 heteroatoms. The molecule has 19 heavy (non-hydrogen) atoms. The smallest absolute Gasteiger partial charge is 0.327 e. The number of carbonyl (C=O) groups excluding carboxylic acids is 1. The zero-order valence-corrected chi connectivity index (χ0v) is 11.2. The highest BCUT2D eigenvalue weighted by Crippen LogP contribution is 2.27. The molecule has 0 saturated carbocycles. The number of sulfonamides is 1. The molecule has 1 amide bonds. The molecule has 1 unspecified atom stereocenters. The van der Waals surface area contributed by atoms with E-state index < -0.39 is 27.9 Å². The van der Waals surface area contributed by atoms with Gasteiger partial charge in [-0.15, -0.1) is 0 Å². The number of amides is 1. The number of carboxylic acids is 1. The molecule has 6 nitrogen and oxygen atoms in total. The summed E-state index contributed by atoms with van der Waals surface area (Å²) < 4.78 is 25.0. The van der Waals surface area contributed by atoms with E-state index in [4.69, 9.17) is 16.7 Å². The highest BCUT2D eigenvalue weighted by molar-refractivity contribution is 7.89. The van der Waals surface area contributed by atoms with Crippen molar-refractivity contribution in [3.63, 3.8) is 0 Å². The molecule has 0 bridgehead atoms. The fourth-order valence-electron chi connectivity index (χ4n) is 1.91. The lowest BCUT2D eigenvalue weighted by molar-refractivity contribution is -0.143. The summed E-state index contributed by atoms with van der Waals surface area (Å²) in [6.45, 7) is 0. The molecule has 0 aliphatic carbocycles. The standard InChI is InChI=1S/C11H10ClNO5S/c12-7-1-3-8(4-2-7)19(17,18)13-9(11(15)16)5-6-10(13)14/h1-4,9H,5-6H2,(H,15,16). The van der Waals surface area contributed by atoms with Crippen LogP contribution < -0.4 is 0 Å². The molecule has 0 radical (unpaired) electrons. The summed E-state index contributed by atoms with van der Waals surface area (Å²) in [5, 5.41) is 9.32. The van der Waals surface area contributed by atoms with Crippen LogP contribution in [0.25, 0.3) is 0 Å². The predicted molar refractivity (Wildman–Crippen MR) is 66.1 cm³/mol. The number of aliphatic carboxylic acids is 1. The van der Waals surface area contributed by atoms with Crippen molar-refractivity contribution in [2.24, 2.45) is 0 Å². The lowest BCUT2D eigenvalue weighted by Gasteiger charge is -2.21. The minimum atomic E-state index is -4.15. The van der Waals surface area contributed by atoms with Crippen LogP contribution >= 0.6 is 11.6 Å². The van der Waals surface area contributed by atoms with Crippen molar-refractivity contribution in [2.75, 3.05) is 0 Å². The monoisotopic (exact) mass is 303 g/mol. The lowest BCUT2D eigenvalue weighted by atomic mass is 10.2. The van der Waals surface area contributed by atoms with Crippen LogP contribution in [0.2, 0.25) is 5.02 Å². The average molecular weight is 304 g/mol. The van der Waals surface area contributed by atoms with E-state index >= 15 is 0 Å². The number of halogens is 1. The Hall–Kier alpha value is -1.60. The Morgan fingerprint density at radius 2 is 1.89 bits per heavy atom. The van der Waals surface area contributed by atoms with Crippen molar-refractivity contribution in [1.29, 1.82) is 0 Å². The molecule has 102 valence electrons. The van der Waals surface area contributed by atoms with E-state index in [9.17, 15) is 18.0 Å². The van der Waals surface area contributed by atoms with Gasteiger partial charge in [-0.1, -0.05) is 11.6 Å². The zero-order valence-electron chi connectivity index (χ0n) is 9.61. The first-order valence-corrected chi connectivity index (χ1v) is 7.21. The first-order valence-electron chi connectivity index (χ1n) is 5.39. The fourth-order valence-corrected chi connectivity index (χ4v) is 3.63. The van der Waals surface area contributed by atoms with Gasteiger partial charge >= 0.3 is 5.97 Å². The Morgan fingerprint density at radius 1 is 1.32 bits per heavy atom. The molecule has 1 aliphatic heterocycles. The van der Waals surface area contributed by atoms with Gasteiger partial charge in [-0.25, -0.2) is 17.5 Å². The Balaban J connectivity index is 2.46. The van der Waals surface area contributed by atoms with Gasteiger partial charge in [-0.2, -0.15) is 0 Å². The van der Waals surface area contributed by atoms with E-state index in [1.54, 1.807) is 0 Å². The summed E-state index contributed by atoms with van der Waals surface area (Å²) in [7, 11) is -4.15. The maximum absolute atomic E-state index is 12.3. The van der Waals surface area contributed by atoms with Crippen molar-refractivity contribution >= 4 is 33.5 Å². The van der Waals surface area contributed by atoms with Gasteiger partial charge in [-0.05, 0) is 30.7 Å². The van der Waals surface area contributed by atoms with Gasteiger partial charge in [0.1, 0.15) is 6.04 Å².